The van der Waals surface area contributed by atoms with Gasteiger partial charge in [-0.1, -0.05) is 12.2 Å². The Bertz CT molecular complexity index is 472. The number of fused-ring (bicyclic) bond motifs is 5. The van der Waals surface area contributed by atoms with Gasteiger partial charge in [0.05, 0.1) is 11.8 Å². The van der Waals surface area contributed by atoms with Gasteiger partial charge in [0.25, 0.3) is 0 Å². The van der Waals surface area contributed by atoms with Crippen LogP contribution in [0, 0.1) is 23.7 Å². The number of rotatable bonds is 6. The SMILES string of the molecule is O=C(CCN1C(=O)[C@@H]2C3C=CC(C3)[C@@H]2C1=O)NCCCO. The van der Waals surface area contributed by atoms with Gasteiger partial charge >= 0.3 is 0 Å². The maximum absolute atomic E-state index is 12.4. The number of carbonyl (C=O) groups is 3. The van der Waals surface area contributed by atoms with Crippen LogP contribution in [0.25, 0.3) is 0 Å². The number of allylic oxidation sites excluding steroid dienone is 2. The van der Waals surface area contributed by atoms with Gasteiger partial charge in [-0.3, -0.25) is 19.3 Å². The first-order valence-electron chi connectivity index (χ1n) is 7.54. The molecule has 2 unspecified atom stereocenters. The third-order valence-corrected chi connectivity index (χ3v) is 4.78. The Kier molecular flexibility index (Phi) is 3.80. The molecule has 2 fully saturated rings. The van der Waals surface area contributed by atoms with Crippen molar-refractivity contribution in [2.45, 2.75) is 19.3 Å². The van der Waals surface area contributed by atoms with E-state index < -0.39 is 0 Å². The number of amides is 3. The molecule has 0 radical (unpaired) electrons. The Balaban J connectivity index is 1.55. The fourth-order valence-electron chi connectivity index (χ4n) is 3.79. The molecule has 3 rings (SSSR count). The Morgan fingerprint density at radius 3 is 2.43 bits per heavy atom. The zero-order valence-electron chi connectivity index (χ0n) is 11.8. The van der Waals surface area contributed by atoms with Gasteiger partial charge < -0.3 is 10.4 Å². The summed E-state index contributed by atoms with van der Waals surface area (Å²) in [6, 6.07) is 0. The number of hydrogen-bond donors (Lipinski definition) is 2. The van der Waals surface area contributed by atoms with Crippen molar-refractivity contribution >= 4 is 17.7 Å². The third kappa shape index (κ3) is 2.37. The lowest BCUT2D eigenvalue weighted by Gasteiger charge is -2.16. The standard InChI is InChI=1S/C15H20N2O4/c18-7-1-5-16-11(19)4-6-17-14(20)12-9-2-3-10(8-9)13(12)15(17)21/h2-3,9-10,12-13,18H,1,4-8H2,(H,16,19)/t9?,10?,12-,13+. The highest BCUT2D eigenvalue weighted by molar-refractivity contribution is 6.06. The molecule has 6 nitrogen and oxygen atoms in total. The molecule has 0 aromatic rings. The summed E-state index contributed by atoms with van der Waals surface area (Å²) in [7, 11) is 0. The molecule has 1 aliphatic heterocycles. The van der Waals surface area contributed by atoms with Crippen LogP contribution in [-0.2, 0) is 14.4 Å². The molecule has 3 amide bonds. The van der Waals surface area contributed by atoms with Crippen LogP contribution in [-0.4, -0.2) is 47.4 Å². The van der Waals surface area contributed by atoms with E-state index in [9.17, 15) is 14.4 Å². The summed E-state index contributed by atoms with van der Waals surface area (Å²) in [4.78, 5) is 37.6. The molecule has 1 saturated carbocycles. The van der Waals surface area contributed by atoms with Gasteiger partial charge in [-0.2, -0.15) is 0 Å². The van der Waals surface area contributed by atoms with E-state index in [1.165, 1.54) is 4.90 Å². The Morgan fingerprint density at radius 2 is 1.86 bits per heavy atom. The number of aliphatic hydroxyl groups excluding tert-OH is 1. The minimum absolute atomic E-state index is 0.0303. The second-order valence-corrected chi connectivity index (χ2v) is 6.01. The fourth-order valence-corrected chi connectivity index (χ4v) is 3.79. The van der Waals surface area contributed by atoms with E-state index in [4.69, 9.17) is 5.11 Å². The molecule has 114 valence electrons. The number of likely N-dealkylation sites (tertiary alicyclic amines) is 1. The van der Waals surface area contributed by atoms with Crippen molar-refractivity contribution in [3.63, 3.8) is 0 Å². The van der Waals surface area contributed by atoms with Crippen LogP contribution in [0.1, 0.15) is 19.3 Å². The van der Waals surface area contributed by atoms with Crippen LogP contribution in [0.2, 0.25) is 0 Å². The molecule has 21 heavy (non-hydrogen) atoms. The molecule has 2 aliphatic carbocycles. The number of nitrogens with zero attached hydrogens (tertiary/aromatic N) is 1. The van der Waals surface area contributed by atoms with Crippen molar-refractivity contribution in [1.29, 1.82) is 0 Å². The molecule has 1 saturated heterocycles. The number of carbonyl (C=O) groups excluding carboxylic acids is 3. The highest BCUT2D eigenvalue weighted by atomic mass is 16.3. The first-order valence-corrected chi connectivity index (χ1v) is 7.54. The molecule has 4 atom stereocenters. The topological polar surface area (TPSA) is 86.7 Å². The molecule has 2 bridgehead atoms. The normalized spacial score (nSPS) is 32.9. The third-order valence-electron chi connectivity index (χ3n) is 4.78. The highest BCUT2D eigenvalue weighted by Gasteiger charge is 2.58. The van der Waals surface area contributed by atoms with Gasteiger partial charge in [0, 0.05) is 26.1 Å². The van der Waals surface area contributed by atoms with E-state index >= 15 is 0 Å². The number of hydrogen-bond acceptors (Lipinski definition) is 4. The largest absolute Gasteiger partial charge is 0.396 e. The van der Waals surface area contributed by atoms with Crippen molar-refractivity contribution in [2.75, 3.05) is 19.7 Å². The van der Waals surface area contributed by atoms with Gasteiger partial charge in [-0.05, 0) is 24.7 Å². The van der Waals surface area contributed by atoms with Gasteiger partial charge in [-0.25, -0.2) is 0 Å². The van der Waals surface area contributed by atoms with Crippen molar-refractivity contribution in [2.24, 2.45) is 23.7 Å². The molecule has 3 aliphatic rings. The minimum atomic E-state index is -0.192. The molecule has 0 spiro atoms. The Morgan fingerprint density at radius 1 is 1.24 bits per heavy atom. The predicted octanol–water partition coefficient (Wildman–Crippen LogP) is -0.318. The average Bonchev–Trinajstić information content (AvgIpc) is 3.13. The van der Waals surface area contributed by atoms with E-state index in [1.54, 1.807) is 0 Å². The average molecular weight is 292 g/mol. The summed E-state index contributed by atoms with van der Waals surface area (Å²) in [6.45, 7) is 0.605. The van der Waals surface area contributed by atoms with Crippen LogP contribution < -0.4 is 5.32 Å². The second-order valence-electron chi connectivity index (χ2n) is 6.01. The summed E-state index contributed by atoms with van der Waals surface area (Å²) in [5, 5.41) is 11.3. The fraction of sp³-hybridized carbons (Fsp3) is 0.667. The number of imide groups is 1. The maximum atomic E-state index is 12.4. The lowest BCUT2D eigenvalue weighted by molar-refractivity contribution is -0.141. The summed E-state index contributed by atoms with van der Waals surface area (Å²) in [6.07, 6.45) is 5.67. The van der Waals surface area contributed by atoms with Crippen molar-refractivity contribution in [3.8, 4) is 0 Å². The van der Waals surface area contributed by atoms with Crippen molar-refractivity contribution in [3.05, 3.63) is 12.2 Å². The maximum Gasteiger partial charge on any atom is 0.233 e. The van der Waals surface area contributed by atoms with Gasteiger partial charge in [0.15, 0.2) is 0 Å². The number of aliphatic hydroxyl groups is 1. The second kappa shape index (κ2) is 5.60. The first-order chi connectivity index (χ1) is 10.1. The quantitative estimate of drug-likeness (QED) is 0.399. The summed E-state index contributed by atoms with van der Waals surface area (Å²) in [5.74, 6) is -0.369. The number of nitrogens with one attached hydrogen (secondary N) is 1. The molecule has 0 aromatic heterocycles. The zero-order chi connectivity index (χ0) is 15.0. The minimum Gasteiger partial charge on any atom is -0.396 e. The first kappa shape index (κ1) is 14.3. The highest BCUT2D eigenvalue weighted by Crippen LogP contribution is 2.52. The molecule has 1 heterocycles. The Hall–Kier alpha value is -1.69. The molecule has 0 aromatic carbocycles. The Labute approximate surface area is 123 Å². The lowest BCUT2D eigenvalue weighted by atomic mass is 9.85. The summed E-state index contributed by atoms with van der Waals surface area (Å²) in [5.41, 5.74) is 0. The van der Waals surface area contributed by atoms with Gasteiger partial charge in [0.1, 0.15) is 0 Å². The molecular formula is C15H20N2O4. The van der Waals surface area contributed by atoms with Crippen molar-refractivity contribution < 1.29 is 19.5 Å². The van der Waals surface area contributed by atoms with Crippen LogP contribution in [0.4, 0.5) is 0 Å². The predicted molar refractivity (Wildman–Crippen MR) is 73.8 cm³/mol. The van der Waals surface area contributed by atoms with Gasteiger partial charge in [-0.15, -0.1) is 0 Å². The van der Waals surface area contributed by atoms with Crippen molar-refractivity contribution in [1.82, 2.24) is 10.2 Å². The lowest BCUT2D eigenvalue weighted by Crippen LogP contribution is -2.36. The zero-order valence-corrected chi connectivity index (χ0v) is 11.8. The van der Waals surface area contributed by atoms with Crippen LogP contribution >= 0.6 is 0 Å². The van der Waals surface area contributed by atoms with E-state index in [-0.39, 0.29) is 61.0 Å². The van der Waals surface area contributed by atoms with E-state index in [0.29, 0.717) is 13.0 Å². The monoisotopic (exact) mass is 292 g/mol. The van der Waals surface area contributed by atoms with E-state index in [2.05, 4.69) is 17.5 Å². The summed E-state index contributed by atoms with van der Waals surface area (Å²) >= 11 is 0. The smallest absolute Gasteiger partial charge is 0.233 e. The van der Waals surface area contributed by atoms with Crippen LogP contribution in [0.15, 0.2) is 12.2 Å². The molecule has 2 N–H and O–H groups in total. The van der Waals surface area contributed by atoms with Crippen LogP contribution in [0.3, 0.4) is 0 Å². The van der Waals surface area contributed by atoms with Crippen LogP contribution in [0.5, 0.6) is 0 Å². The molecule has 6 heteroatoms. The van der Waals surface area contributed by atoms with E-state index in [1.807, 2.05) is 0 Å². The van der Waals surface area contributed by atoms with E-state index in [0.717, 1.165) is 6.42 Å². The summed E-state index contributed by atoms with van der Waals surface area (Å²) < 4.78 is 0. The van der Waals surface area contributed by atoms with Gasteiger partial charge in [0.2, 0.25) is 17.7 Å². The molecular weight excluding hydrogens is 272 g/mol.